The minimum Gasteiger partial charge on any atom is -0.371 e. The molecule has 0 radical (unpaired) electrons. The molecule has 0 spiro atoms. The smallest absolute Gasteiger partial charge is 0.371 e. The van der Waals surface area contributed by atoms with Crippen LogP contribution in [0.5, 0.6) is 0 Å². The molecule has 110 valence electrons. The minimum atomic E-state index is -4.49. The number of rotatable bonds is 4. The molecule has 0 saturated heterocycles. The summed E-state index contributed by atoms with van der Waals surface area (Å²) < 4.78 is 36.3. The molecular formula is C11H12F3N3O3. The zero-order chi connectivity index (χ0) is 15.5. The van der Waals surface area contributed by atoms with Crippen LogP contribution in [-0.2, 0) is 0 Å². The number of nitro benzene ring substituents is 1. The topological polar surface area (TPSA) is 75.5 Å². The Hall–Kier alpha value is -2.32. The number of nitrogens with zero attached hydrogens (tertiary/aromatic N) is 2. The molecule has 0 bridgehead atoms. The molecule has 1 amide bonds. The van der Waals surface area contributed by atoms with Gasteiger partial charge in [-0.25, -0.2) is 0 Å². The Labute approximate surface area is 112 Å². The third kappa shape index (κ3) is 4.11. The fraction of sp³-hybridized carbons (Fsp3) is 0.364. The van der Waals surface area contributed by atoms with Crippen molar-refractivity contribution in [3.8, 4) is 0 Å². The first-order chi connectivity index (χ1) is 9.11. The number of hydrogen-bond donors (Lipinski definition) is 1. The van der Waals surface area contributed by atoms with Crippen LogP contribution >= 0.6 is 0 Å². The molecule has 9 heteroatoms. The van der Waals surface area contributed by atoms with Crippen LogP contribution in [0.1, 0.15) is 10.4 Å². The van der Waals surface area contributed by atoms with Gasteiger partial charge in [0.05, 0.1) is 4.92 Å². The number of carbonyl (C=O) groups excluding carboxylic acids is 1. The first kappa shape index (κ1) is 15.7. The van der Waals surface area contributed by atoms with Crippen LogP contribution in [0.3, 0.4) is 0 Å². The summed E-state index contributed by atoms with van der Waals surface area (Å²) in [4.78, 5) is 22.9. The van der Waals surface area contributed by atoms with Crippen molar-refractivity contribution in [1.29, 1.82) is 0 Å². The highest BCUT2D eigenvalue weighted by atomic mass is 19.4. The number of amides is 1. The minimum absolute atomic E-state index is 0.0271. The van der Waals surface area contributed by atoms with E-state index in [1.165, 1.54) is 25.1 Å². The third-order valence-corrected chi connectivity index (χ3v) is 2.33. The van der Waals surface area contributed by atoms with Crippen molar-refractivity contribution in [3.05, 3.63) is 33.9 Å². The Morgan fingerprint density at radius 3 is 2.45 bits per heavy atom. The highest BCUT2D eigenvalue weighted by Gasteiger charge is 2.28. The fourth-order valence-corrected chi connectivity index (χ4v) is 1.42. The summed E-state index contributed by atoms with van der Waals surface area (Å²) in [6, 6.07) is 3.26. The lowest BCUT2D eigenvalue weighted by Crippen LogP contribution is -2.23. The molecule has 0 aliphatic heterocycles. The number of alkyl halides is 3. The number of hydrogen-bond acceptors (Lipinski definition) is 4. The predicted octanol–water partition coefficient (Wildman–Crippen LogP) is 2.27. The van der Waals surface area contributed by atoms with Crippen molar-refractivity contribution >= 4 is 17.3 Å². The van der Waals surface area contributed by atoms with E-state index in [4.69, 9.17) is 0 Å². The second kappa shape index (κ2) is 5.76. The highest BCUT2D eigenvalue weighted by Crippen LogP contribution is 2.27. The number of halogens is 3. The summed E-state index contributed by atoms with van der Waals surface area (Å²) in [5.74, 6) is -0.476. The van der Waals surface area contributed by atoms with Gasteiger partial charge in [0, 0.05) is 25.7 Å². The van der Waals surface area contributed by atoms with Crippen LogP contribution in [0.15, 0.2) is 18.2 Å². The maximum Gasteiger partial charge on any atom is 0.405 e. The van der Waals surface area contributed by atoms with Gasteiger partial charge in [-0.1, -0.05) is 0 Å². The number of benzene rings is 1. The molecular weight excluding hydrogens is 279 g/mol. The zero-order valence-electron chi connectivity index (χ0n) is 10.7. The fourth-order valence-electron chi connectivity index (χ4n) is 1.42. The van der Waals surface area contributed by atoms with E-state index >= 15 is 0 Å². The van der Waals surface area contributed by atoms with Crippen molar-refractivity contribution in [2.24, 2.45) is 0 Å². The summed E-state index contributed by atoms with van der Waals surface area (Å²) in [5.41, 5.74) is -0.844. The number of carbonyl (C=O) groups is 1. The first-order valence-electron chi connectivity index (χ1n) is 5.42. The Kier molecular flexibility index (Phi) is 4.53. The molecule has 1 N–H and O–H groups in total. The van der Waals surface area contributed by atoms with Gasteiger partial charge in [-0.15, -0.1) is 0 Å². The quantitative estimate of drug-likeness (QED) is 0.682. The van der Waals surface area contributed by atoms with Crippen LogP contribution in [0.2, 0.25) is 0 Å². The van der Waals surface area contributed by atoms with E-state index in [0.717, 1.165) is 12.1 Å². The number of nitro groups is 1. The maximum atomic E-state index is 12.1. The summed E-state index contributed by atoms with van der Waals surface area (Å²) in [5, 5.41) is 12.8. The van der Waals surface area contributed by atoms with Gasteiger partial charge in [-0.3, -0.25) is 14.9 Å². The largest absolute Gasteiger partial charge is 0.405 e. The van der Waals surface area contributed by atoms with E-state index in [-0.39, 0.29) is 11.3 Å². The zero-order valence-corrected chi connectivity index (χ0v) is 10.7. The second-order valence-corrected chi connectivity index (χ2v) is 4.16. The van der Waals surface area contributed by atoms with E-state index in [1.54, 1.807) is 0 Å². The van der Waals surface area contributed by atoms with Crippen molar-refractivity contribution < 1.29 is 22.9 Å². The molecule has 1 aromatic rings. The van der Waals surface area contributed by atoms with E-state index < -0.39 is 29.2 Å². The normalized spacial score (nSPS) is 11.1. The Balaban J connectivity index is 3.08. The van der Waals surface area contributed by atoms with Crippen molar-refractivity contribution in [3.63, 3.8) is 0 Å². The van der Waals surface area contributed by atoms with Gasteiger partial charge in [0.1, 0.15) is 12.2 Å². The SMILES string of the molecule is CN(C)C(=O)c1ccc(NCC(F)(F)F)c([N+](=O)[O-])c1. The van der Waals surface area contributed by atoms with Crippen LogP contribution < -0.4 is 5.32 Å². The van der Waals surface area contributed by atoms with E-state index in [1.807, 2.05) is 5.32 Å². The predicted molar refractivity (Wildman–Crippen MR) is 65.7 cm³/mol. The first-order valence-corrected chi connectivity index (χ1v) is 5.42. The molecule has 0 saturated carbocycles. The van der Waals surface area contributed by atoms with Crippen LogP contribution in [0, 0.1) is 10.1 Å². The van der Waals surface area contributed by atoms with Gasteiger partial charge in [0.2, 0.25) is 0 Å². The van der Waals surface area contributed by atoms with Gasteiger partial charge in [-0.2, -0.15) is 13.2 Å². The summed E-state index contributed by atoms with van der Waals surface area (Å²) in [7, 11) is 2.92. The van der Waals surface area contributed by atoms with Crippen LogP contribution in [0.25, 0.3) is 0 Å². The average Bonchev–Trinajstić information content (AvgIpc) is 2.34. The van der Waals surface area contributed by atoms with E-state index in [0.29, 0.717) is 0 Å². The molecule has 0 heterocycles. The van der Waals surface area contributed by atoms with Gasteiger partial charge in [0.25, 0.3) is 11.6 Å². The summed E-state index contributed by atoms with van der Waals surface area (Å²) >= 11 is 0. The lowest BCUT2D eigenvalue weighted by Gasteiger charge is -2.12. The van der Waals surface area contributed by atoms with Crippen molar-refractivity contribution in [1.82, 2.24) is 4.90 Å². The Morgan fingerprint density at radius 2 is 2.00 bits per heavy atom. The molecule has 20 heavy (non-hydrogen) atoms. The molecule has 1 aromatic carbocycles. The monoisotopic (exact) mass is 291 g/mol. The van der Waals surface area contributed by atoms with Crippen molar-refractivity contribution in [2.45, 2.75) is 6.18 Å². The second-order valence-electron chi connectivity index (χ2n) is 4.16. The van der Waals surface area contributed by atoms with Gasteiger partial charge >= 0.3 is 6.18 Å². The summed E-state index contributed by atoms with van der Waals surface area (Å²) in [6.07, 6.45) is -4.49. The molecule has 0 fully saturated rings. The Morgan fingerprint density at radius 1 is 1.40 bits per heavy atom. The van der Waals surface area contributed by atoms with Gasteiger partial charge in [0.15, 0.2) is 0 Å². The summed E-state index contributed by atoms with van der Waals surface area (Å²) in [6.45, 7) is -1.39. The van der Waals surface area contributed by atoms with Gasteiger partial charge < -0.3 is 10.2 Å². The molecule has 0 atom stereocenters. The van der Waals surface area contributed by atoms with Gasteiger partial charge in [-0.05, 0) is 12.1 Å². The lowest BCUT2D eigenvalue weighted by atomic mass is 10.1. The Bertz CT molecular complexity index is 529. The van der Waals surface area contributed by atoms with E-state index in [2.05, 4.69) is 0 Å². The number of nitrogens with one attached hydrogen (secondary N) is 1. The maximum absolute atomic E-state index is 12.1. The number of anilines is 1. The molecule has 0 aliphatic rings. The standard InChI is InChI=1S/C11H12F3N3O3/c1-16(2)10(18)7-3-4-8(9(5-7)17(19)20)15-6-11(12,13)14/h3-5,15H,6H2,1-2H3. The van der Waals surface area contributed by atoms with Crippen molar-refractivity contribution in [2.75, 3.05) is 26.0 Å². The molecule has 1 rings (SSSR count). The molecule has 0 unspecified atom stereocenters. The molecule has 0 aromatic heterocycles. The average molecular weight is 291 g/mol. The molecule has 6 nitrogen and oxygen atoms in total. The molecule has 0 aliphatic carbocycles. The lowest BCUT2D eigenvalue weighted by molar-refractivity contribution is -0.384. The highest BCUT2D eigenvalue weighted by molar-refractivity contribution is 5.95. The van der Waals surface area contributed by atoms with Crippen LogP contribution in [0.4, 0.5) is 24.5 Å². The van der Waals surface area contributed by atoms with Crippen LogP contribution in [-0.4, -0.2) is 42.5 Å². The van der Waals surface area contributed by atoms with E-state index in [9.17, 15) is 28.1 Å². The third-order valence-electron chi connectivity index (χ3n) is 2.33.